The van der Waals surface area contributed by atoms with E-state index in [4.69, 9.17) is 0 Å². The standard InChI is InChI=1S/C20H25N3O/c1-15-6-4-7-16(12-15)18-13-19(18)20(24)23-11-3-2-8-17(23)14-22-10-5-9-21-22/h4-7,9-10,12,17-19H,2-3,8,11,13-14H2,1H3/t17-,18+,19+/m1/s1. The third-order valence-electron chi connectivity index (χ3n) is 5.45. The van der Waals surface area contributed by atoms with Gasteiger partial charge in [0.1, 0.15) is 0 Å². The van der Waals surface area contributed by atoms with Gasteiger partial charge in [-0.1, -0.05) is 29.8 Å². The van der Waals surface area contributed by atoms with Crippen LogP contribution >= 0.6 is 0 Å². The van der Waals surface area contributed by atoms with Crippen molar-refractivity contribution in [3.8, 4) is 0 Å². The number of benzene rings is 1. The van der Waals surface area contributed by atoms with Crippen LogP contribution in [0.5, 0.6) is 0 Å². The molecule has 1 saturated heterocycles. The quantitative estimate of drug-likeness (QED) is 0.865. The topological polar surface area (TPSA) is 38.1 Å². The number of aromatic nitrogens is 2. The summed E-state index contributed by atoms with van der Waals surface area (Å²) in [7, 11) is 0. The van der Waals surface area contributed by atoms with E-state index in [9.17, 15) is 4.79 Å². The molecule has 1 aromatic heterocycles. The van der Waals surface area contributed by atoms with Crippen LogP contribution in [0.2, 0.25) is 0 Å². The zero-order chi connectivity index (χ0) is 16.5. The number of rotatable bonds is 4. The minimum atomic E-state index is 0.185. The summed E-state index contributed by atoms with van der Waals surface area (Å²) in [6, 6.07) is 10.9. The van der Waals surface area contributed by atoms with Crippen molar-refractivity contribution in [3.05, 3.63) is 53.9 Å². The first-order chi connectivity index (χ1) is 11.7. The molecule has 0 bridgehead atoms. The first-order valence-corrected chi connectivity index (χ1v) is 9.07. The molecule has 1 aromatic carbocycles. The van der Waals surface area contributed by atoms with E-state index >= 15 is 0 Å². The van der Waals surface area contributed by atoms with E-state index in [1.807, 2.05) is 23.1 Å². The molecule has 0 spiro atoms. The molecular formula is C20H25N3O. The van der Waals surface area contributed by atoms with E-state index in [-0.39, 0.29) is 5.92 Å². The Morgan fingerprint density at radius 1 is 1.29 bits per heavy atom. The Kier molecular flexibility index (Phi) is 4.13. The predicted octanol–water partition coefficient (Wildman–Crippen LogP) is 3.38. The maximum Gasteiger partial charge on any atom is 0.226 e. The zero-order valence-corrected chi connectivity index (χ0v) is 14.3. The van der Waals surface area contributed by atoms with Gasteiger partial charge in [-0.2, -0.15) is 5.10 Å². The van der Waals surface area contributed by atoms with E-state index in [2.05, 4.69) is 41.2 Å². The third-order valence-corrected chi connectivity index (χ3v) is 5.45. The maximum atomic E-state index is 13.1. The maximum absolute atomic E-state index is 13.1. The largest absolute Gasteiger partial charge is 0.338 e. The van der Waals surface area contributed by atoms with Crippen molar-refractivity contribution in [2.24, 2.45) is 5.92 Å². The summed E-state index contributed by atoms with van der Waals surface area (Å²) in [4.78, 5) is 15.2. The minimum Gasteiger partial charge on any atom is -0.338 e. The molecule has 2 aliphatic rings. The molecule has 1 aliphatic carbocycles. The normalized spacial score (nSPS) is 26.4. The molecular weight excluding hydrogens is 298 g/mol. The predicted molar refractivity (Wildman–Crippen MR) is 93.6 cm³/mol. The van der Waals surface area contributed by atoms with Crippen LogP contribution in [-0.4, -0.2) is 33.2 Å². The van der Waals surface area contributed by atoms with Crippen LogP contribution in [-0.2, 0) is 11.3 Å². The average Bonchev–Trinajstić information content (AvgIpc) is 3.24. The fourth-order valence-electron chi connectivity index (χ4n) is 4.05. The van der Waals surface area contributed by atoms with Crippen molar-refractivity contribution >= 4 is 5.91 Å². The van der Waals surface area contributed by atoms with Gasteiger partial charge in [0, 0.05) is 24.9 Å². The lowest BCUT2D eigenvalue weighted by Gasteiger charge is -2.36. The Bertz CT molecular complexity index is 709. The molecule has 0 unspecified atom stereocenters. The Morgan fingerprint density at radius 2 is 2.21 bits per heavy atom. The number of hydrogen-bond donors (Lipinski definition) is 0. The van der Waals surface area contributed by atoms with Crippen molar-refractivity contribution < 1.29 is 4.79 Å². The van der Waals surface area contributed by atoms with Gasteiger partial charge in [0.05, 0.1) is 12.6 Å². The van der Waals surface area contributed by atoms with E-state index < -0.39 is 0 Å². The second kappa shape index (κ2) is 6.42. The number of amides is 1. The second-order valence-electron chi connectivity index (χ2n) is 7.27. The molecule has 2 aromatic rings. The SMILES string of the molecule is Cc1cccc([C@@H]2C[C@@H]2C(=O)N2CCCC[C@@H]2Cn2cccn2)c1. The van der Waals surface area contributed by atoms with E-state index in [1.165, 1.54) is 17.5 Å². The lowest BCUT2D eigenvalue weighted by molar-refractivity contribution is -0.136. The summed E-state index contributed by atoms with van der Waals surface area (Å²) in [5, 5.41) is 4.32. The van der Waals surface area contributed by atoms with Crippen molar-refractivity contribution in [1.29, 1.82) is 0 Å². The molecule has 1 aliphatic heterocycles. The summed E-state index contributed by atoms with van der Waals surface area (Å²) in [5.41, 5.74) is 2.61. The van der Waals surface area contributed by atoms with E-state index in [0.717, 1.165) is 32.4 Å². The van der Waals surface area contributed by atoms with Crippen LogP contribution in [0.3, 0.4) is 0 Å². The van der Waals surface area contributed by atoms with Crippen LogP contribution in [0.1, 0.15) is 42.7 Å². The number of piperidine rings is 1. The van der Waals surface area contributed by atoms with Crippen molar-refractivity contribution in [2.45, 2.75) is 51.1 Å². The van der Waals surface area contributed by atoms with Gasteiger partial charge in [0.25, 0.3) is 0 Å². The van der Waals surface area contributed by atoms with Gasteiger partial charge >= 0.3 is 0 Å². The summed E-state index contributed by atoms with van der Waals surface area (Å²) in [6.45, 7) is 3.84. The first-order valence-electron chi connectivity index (χ1n) is 9.07. The summed E-state index contributed by atoms with van der Waals surface area (Å²) in [6.07, 6.45) is 8.24. The highest BCUT2D eigenvalue weighted by Gasteiger charge is 2.47. The monoisotopic (exact) mass is 323 g/mol. The summed E-state index contributed by atoms with van der Waals surface area (Å²) in [5.74, 6) is 0.966. The highest BCUT2D eigenvalue weighted by atomic mass is 16.2. The van der Waals surface area contributed by atoms with Gasteiger partial charge in [0.2, 0.25) is 5.91 Å². The number of hydrogen-bond acceptors (Lipinski definition) is 2. The third kappa shape index (κ3) is 3.10. The molecule has 1 amide bonds. The van der Waals surface area contributed by atoms with Gasteiger partial charge in [0.15, 0.2) is 0 Å². The zero-order valence-electron chi connectivity index (χ0n) is 14.3. The van der Waals surface area contributed by atoms with Gasteiger partial charge < -0.3 is 4.90 Å². The van der Waals surface area contributed by atoms with Crippen molar-refractivity contribution in [2.75, 3.05) is 6.54 Å². The highest BCUT2D eigenvalue weighted by molar-refractivity contribution is 5.83. The van der Waals surface area contributed by atoms with Gasteiger partial charge in [-0.05, 0) is 50.2 Å². The molecule has 126 valence electrons. The number of likely N-dealkylation sites (tertiary alicyclic amines) is 1. The molecule has 0 radical (unpaired) electrons. The molecule has 3 atom stereocenters. The molecule has 1 saturated carbocycles. The molecule has 4 rings (SSSR count). The summed E-state index contributed by atoms with van der Waals surface area (Å²) < 4.78 is 1.96. The first kappa shape index (κ1) is 15.4. The van der Waals surface area contributed by atoms with Crippen LogP contribution in [0.15, 0.2) is 42.7 Å². The Labute approximate surface area is 143 Å². The molecule has 2 fully saturated rings. The number of carbonyl (C=O) groups is 1. The van der Waals surface area contributed by atoms with Gasteiger partial charge in [-0.3, -0.25) is 9.48 Å². The van der Waals surface area contributed by atoms with Crippen LogP contribution in [0, 0.1) is 12.8 Å². The van der Waals surface area contributed by atoms with Gasteiger partial charge in [-0.15, -0.1) is 0 Å². The number of aryl methyl sites for hydroxylation is 1. The molecule has 0 N–H and O–H groups in total. The van der Waals surface area contributed by atoms with Crippen LogP contribution < -0.4 is 0 Å². The summed E-state index contributed by atoms with van der Waals surface area (Å²) >= 11 is 0. The Hall–Kier alpha value is -2.10. The van der Waals surface area contributed by atoms with Crippen molar-refractivity contribution in [3.63, 3.8) is 0 Å². The lowest BCUT2D eigenvalue weighted by Crippen LogP contribution is -2.46. The lowest BCUT2D eigenvalue weighted by atomic mass is 10.0. The highest BCUT2D eigenvalue weighted by Crippen LogP contribution is 2.49. The Balaban J connectivity index is 1.45. The smallest absolute Gasteiger partial charge is 0.226 e. The Morgan fingerprint density at radius 3 is 3.00 bits per heavy atom. The van der Waals surface area contributed by atoms with Crippen molar-refractivity contribution in [1.82, 2.24) is 14.7 Å². The van der Waals surface area contributed by atoms with E-state index in [1.54, 1.807) is 0 Å². The average molecular weight is 323 g/mol. The van der Waals surface area contributed by atoms with Crippen LogP contribution in [0.4, 0.5) is 0 Å². The van der Waals surface area contributed by atoms with E-state index in [0.29, 0.717) is 17.9 Å². The molecule has 2 heterocycles. The number of nitrogens with zero attached hydrogens (tertiary/aromatic N) is 3. The second-order valence-corrected chi connectivity index (χ2v) is 7.27. The number of carbonyl (C=O) groups excluding carboxylic acids is 1. The minimum absolute atomic E-state index is 0.185. The fraction of sp³-hybridized carbons (Fsp3) is 0.500. The van der Waals surface area contributed by atoms with Gasteiger partial charge in [-0.25, -0.2) is 0 Å². The molecule has 4 heteroatoms. The molecule has 24 heavy (non-hydrogen) atoms. The fourth-order valence-corrected chi connectivity index (χ4v) is 4.05. The molecule has 4 nitrogen and oxygen atoms in total. The van der Waals surface area contributed by atoms with Crippen LogP contribution in [0.25, 0.3) is 0 Å².